The summed E-state index contributed by atoms with van der Waals surface area (Å²) in [6, 6.07) is 3.88. The molecule has 6 heteroatoms. The maximum atomic E-state index is 12.7. The predicted octanol–water partition coefficient (Wildman–Crippen LogP) is 2.89. The quantitative estimate of drug-likeness (QED) is 0.868. The lowest BCUT2D eigenvalue weighted by Gasteiger charge is -2.21. The number of hydrogen-bond acceptors (Lipinski definition) is 5. The van der Waals surface area contributed by atoms with Crippen molar-refractivity contribution < 1.29 is 9.21 Å². The molecule has 2 aliphatic rings. The fourth-order valence-electron chi connectivity index (χ4n) is 3.34. The largest absolute Gasteiger partial charge is 0.469 e. The van der Waals surface area contributed by atoms with Gasteiger partial charge in [0.2, 0.25) is 5.91 Å². The van der Waals surface area contributed by atoms with Crippen molar-refractivity contribution in [2.24, 2.45) is 5.92 Å². The van der Waals surface area contributed by atoms with Crippen LogP contribution in [0.15, 0.2) is 28.2 Å². The number of nitrogens with zero attached hydrogens (tertiary/aromatic N) is 3. The highest BCUT2D eigenvalue weighted by Gasteiger charge is 2.47. The van der Waals surface area contributed by atoms with Crippen LogP contribution in [0.3, 0.4) is 0 Å². The number of rotatable bonds is 3. The molecule has 0 aromatic carbocycles. The van der Waals surface area contributed by atoms with Crippen LogP contribution >= 0.6 is 11.3 Å². The molecule has 0 N–H and O–H groups in total. The van der Waals surface area contributed by atoms with E-state index in [1.165, 1.54) is 0 Å². The van der Waals surface area contributed by atoms with Crippen molar-refractivity contribution in [2.75, 3.05) is 31.1 Å². The summed E-state index contributed by atoms with van der Waals surface area (Å²) in [7, 11) is 0. The summed E-state index contributed by atoms with van der Waals surface area (Å²) in [5, 5.41) is 3.16. The van der Waals surface area contributed by atoms with Crippen LogP contribution < -0.4 is 4.90 Å². The van der Waals surface area contributed by atoms with E-state index in [0.29, 0.717) is 11.8 Å². The summed E-state index contributed by atoms with van der Waals surface area (Å²) in [5.74, 6) is 1.66. The van der Waals surface area contributed by atoms with Crippen LogP contribution in [0.4, 0.5) is 5.13 Å². The number of hydrogen-bond donors (Lipinski definition) is 0. The van der Waals surface area contributed by atoms with E-state index in [4.69, 9.17) is 4.42 Å². The maximum absolute atomic E-state index is 12.7. The Morgan fingerprint density at radius 2 is 2.26 bits per heavy atom. The second kappa shape index (κ2) is 6.00. The minimum Gasteiger partial charge on any atom is -0.469 e. The van der Waals surface area contributed by atoms with Crippen molar-refractivity contribution in [3.05, 3.63) is 35.2 Å². The molecule has 1 saturated carbocycles. The highest BCUT2D eigenvalue weighted by Crippen LogP contribution is 2.48. The Labute approximate surface area is 139 Å². The van der Waals surface area contributed by atoms with E-state index in [0.717, 1.165) is 55.6 Å². The van der Waals surface area contributed by atoms with Gasteiger partial charge in [0, 0.05) is 43.4 Å². The minimum atomic E-state index is 0.120. The van der Waals surface area contributed by atoms with Crippen molar-refractivity contribution in [1.29, 1.82) is 0 Å². The normalized spacial score (nSPS) is 24.6. The zero-order valence-corrected chi connectivity index (χ0v) is 14.1. The Morgan fingerprint density at radius 3 is 3.00 bits per heavy atom. The SMILES string of the molecule is Cc1csc(N2CCCN(C(=O)[C@@H]3C[C@@H]3c3ccco3)CC2)n1. The van der Waals surface area contributed by atoms with Gasteiger partial charge in [-0.2, -0.15) is 0 Å². The van der Waals surface area contributed by atoms with E-state index in [9.17, 15) is 4.79 Å². The molecule has 23 heavy (non-hydrogen) atoms. The van der Waals surface area contributed by atoms with Crippen LogP contribution in [0.5, 0.6) is 0 Å². The third-order valence-electron chi connectivity index (χ3n) is 4.70. The second-order valence-corrected chi connectivity index (χ2v) is 7.24. The first-order chi connectivity index (χ1) is 11.2. The van der Waals surface area contributed by atoms with E-state index in [1.807, 2.05) is 24.0 Å². The molecule has 1 aliphatic heterocycles. The van der Waals surface area contributed by atoms with Gasteiger partial charge in [0.25, 0.3) is 0 Å². The van der Waals surface area contributed by atoms with Gasteiger partial charge in [-0.1, -0.05) is 0 Å². The molecule has 1 amide bonds. The van der Waals surface area contributed by atoms with Crippen LogP contribution in [0.2, 0.25) is 0 Å². The van der Waals surface area contributed by atoms with Crippen molar-refractivity contribution in [3.8, 4) is 0 Å². The highest BCUT2D eigenvalue weighted by atomic mass is 32.1. The van der Waals surface area contributed by atoms with Crippen LogP contribution in [-0.4, -0.2) is 42.0 Å². The highest BCUT2D eigenvalue weighted by molar-refractivity contribution is 7.13. The number of amides is 1. The van der Waals surface area contributed by atoms with Crippen molar-refractivity contribution in [1.82, 2.24) is 9.88 Å². The first-order valence-electron chi connectivity index (χ1n) is 8.21. The van der Waals surface area contributed by atoms with Gasteiger partial charge in [-0.15, -0.1) is 11.3 Å². The van der Waals surface area contributed by atoms with E-state index in [1.54, 1.807) is 17.6 Å². The van der Waals surface area contributed by atoms with Gasteiger partial charge in [0.1, 0.15) is 5.76 Å². The second-order valence-electron chi connectivity index (χ2n) is 6.40. The summed E-state index contributed by atoms with van der Waals surface area (Å²) in [5.41, 5.74) is 1.07. The molecule has 3 heterocycles. The number of thiazole rings is 1. The molecule has 2 atom stereocenters. The fourth-order valence-corrected chi connectivity index (χ4v) is 4.19. The maximum Gasteiger partial charge on any atom is 0.226 e. The van der Waals surface area contributed by atoms with E-state index >= 15 is 0 Å². The lowest BCUT2D eigenvalue weighted by molar-refractivity contribution is -0.132. The molecule has 2 aromatic heterocycles. The zero-order valence-electron chi connectivity index (χ0n) is 13.3. The van der Waals surface area contributed by atoms with Crippen molar-refractivity contribution >= 4 is 22.4 Å². The van der Waals surface area contributed by atoms with Gasteiger partial charge in [-0.05, 0) is 31.9 Å². The number of anilines is 1. The smallest absolute Gasteiger partial charge is 0.226 e. The topological polar surface area (TPSA) is 49.6 Å². The number of carbonyl (C=O) groups excluding carboxylic acids is 1. The lowest BCUT2D eigenvalue weighted by atomic mass is 10.2. The molecular weight excluding hydrogens is 310 g/mol. The molecule has 2 fully saturated rings. The van der Waals surface area contributed by atoms with Crippen molar-refractivity contribution in [3.63, 3.8) is 0 Å². The standard InChI is InChI=1S/C17H21N3O2S/c1-12-11-23-17(18-12)20-6-3-5-19(7-8-20)16(21)14-10-13(14)15-4-2-9-22-15/h2,4,9,11,13-14H,3,5-8,10H2,1H3/t13-,14+/m0/s1. The van der Waals surface area contributed by atoms with E-state index < -0.39 is 0 Å². The Morgan fingerprint density at radius 1 is 1.35 bits per heavy atom. The summed E-state index contributed by atoms with van der Waals surface area (Å²) in [4.78, 5) is 21.6. The molecule has 1 aliphatic carbocycles. The van der Waals surface area contributed by atoms with E-state index in [-0.39, 0.29) is 5.92 Å². The fraction of sp³-hybridized carbons (Fsp3) is 0.529. The monoisotopic (exact) mass is 331 g/mol. The lowest BCUT2D eigenvalue weighted by Crippen LogP contribution is -2.36. The Kier molecular flexibility index (Phi) is 3.85. The average Bonchev–Trinajstić information content (AvgIpc) is 3.06. The van der Waals surface area contributed by atoms with Gasteiger partial charge in [-0.3, -0.25) is 4.79 Å². The Bertz CT molecular complexity index is 682. The molecule has 0 spiro atoms. The molecule has 4 rings (SSSR count). The van der Waals surface area contributed by atoms with Gasteiger partial charge >= 0.3 is 0 Å². The molecular formula is C17H21N3O2S. The third kappa shape index (κ3) is 3.00. The van der Waals surface area contributed by atoms with Crippen LogP contribution in [0, 0.1) is 12.8 Å². The van der Waals surface area contributed by atoms with Crippen molar-refractivity contribution in [2.45, 2.75) is 25.7 Å². The Hall–Kier alpha value is -1.82. The molecule has 2 aromatic rings. The first kappa shape index (κ1) is 14.8. The first-order valence-corrected chi connectivity index (χ1v) is 9.09. The molecule has 0 unspecified atom stereocenters. The van der Waals surface area contributed by atoms with Crippen LogP contribution in [0.1, 0.15) is 30.2 Å². The summed E-state index contributed by atoms with van der Waals surface area (Å²) < 4.78 is 5.44. The molecule has 5 nitrogen and oxygen atoms in total. The average molecular weight is 331 g/mol. The Balaban J connectivity index is 1.36. The van der Waals surface area contributed by atoms with Gasteiger partial charge < -0.3 is 14.2 Å². The zero-order chi connectivity index (χ0) is 15.8. The molecule has 0 radical (unpaired) electrons. The number of carbonyl (C=O) groups is 1. The predicted molar refractivity (Wildman–Crippen MR) is 89.8 cm³/mol. The summed E-state index contributed by atoms with van der Waals surface area (Å²) in [6.07, 6.45) is 3.62. The van der Waals surface area contributed by atoms with E-state index in [2.05, 4.69) is 15.3 Å². The molecule has 1 saturated heterocycles. The summed E-state index contributed by atoms with van der Waals surface area (Å²) in [6.45, 7) is 5.51. The van der Waals surface area contributed by atoms with Gasteiger partial charge in [0.15, 0.2) is 5.13 Å². The van der Waals surface area contributed by atoms with Crippen LogP contribution in [-0.2, 0) is 4.79 Å². The molecule has 0 bridgehead atoms. The summed E-state index contributed by atoms with van der Waals surface area (Å²) >= 11 is 1.69. The molecule has 122 valence electrons. The number of furan rings is 1. The third-order valence-corrected chi connectivity index (χ3v) is 5.72. The number of aryl methyl sites for hydroxylation is 1. The number of aromatic nitrogens is 1. The van der Waals surface area contributed by atoms with Gasteiger partial charge in [0.05, 0.1) is 12.0 Å². The van der Waals surface area contributed by atoms with Gasteiger partial charge in [-0.25, -0.2) is 4.98 Å². The minimum absolute atomic E-state index is 0.120. The van der Waals surface area contributed by atoms with Crippen LogP contribution in [0.25, 0.3) is 0 Å².